The Kier molecular flexibility index (Phi) is 12.7. The largest absolute Gasteiger partial charge is 0.295 e. The number of hydrogen-bond acceptors (Lipinski definition) is 4. The van der Waals surface area contributed by atoms with E-state index in [1.807, 2.05) is 34.6 Å². The van der Waals surface area contributed by atoms with Gasteiger partial charge in [0, 0.05) is 19.7 Å². The van der Waals surface area contributed by atoms with E-state index < -0.39 is 0 Å². The van der Waals surface area contributed by atoms with Crippen LogP contribution in [0.25, 0.3) is 0 Å². The van der Waals surface area contributed by atoms with Gasteiger partial charge < -0.3 is 0 Å². The molecule has 1 saturated heterocycles. The van der Waals surface area contributed by atoms with Crippen LogP contribution < -0.4 is 5.32 Å². The minimum atomic E-state index is -0.310. The first-order chi connectivity index (χ1) is 8.65. The first-order valence-electron chi connectivity index (χ1n) is 6.74. The van der Waals surface area contributed by atoms with E-state index in [1.54, 1.807) is 18.3 Å². The molecule has 1 aliphatic rings. The molecule has 0 aromatic carbocycles. The molecule has 1 heterocycles. The Labute approximate surface area is 111 Å². The second-order valence-electron chi connectivity index (χ2n) is 3.25. The van der Waals surface area contributed by atoms with Crippen LogP contribution in [0.3, 0.4) is 0 Å². The summed E-state index contributed by atoms with van der Waals surface area (Å²) in [6.45, 7) is 9.97. The molecule has 0 radical (unpaired) electrons. The van der Waals surface area contributed by atoms with Crippen LogP contribution in [-0.2, 0) is 9.59 Å². The highest BCUT2D eigenvalue weighted by Gasteiger charge is 2.29. The first kappa shape index (κ1) is 19.0. The number of imide groups is 1. The van der Waals surface area contributed by atoms with E-state index in [-0.39, 0.29) is 17.9 Å². The lowest BCUT2D eigenvalue weighted by molar-refractivity contribution is -0.137. The van der Waals surface area contributed by atoms with Gasteiger partial charge in [-0.05, 0) is 12.8 Å². The minimum Gasteiger partial charge on any atom is -0.295 e. The van der Waals surface area contributed by atoms with Gasteiger partial charge in [0.05, 0.1) is 0 Å². The summed E-state index contributed by atoms with van der Waals surface area (Å²) in [6.07, 6.45) is 3.51. The molecule has 0 saturated carbocycles. The molecule has 2 amide bonds. The van der Waals surface area contributed by atoms with Crippen molar-refractivity contribution in [2.24, 2.45) is 5.10 Å². The number of nitrogens with zero attached hydrogens (tertiary/aromatic N) is 2. The van der Waals surface area contributed by atoms with E-state index in [1.165, 1.54) is 0 Å². The van der Waals surface area contributed by atoms with Gasteiger partial charge in [-0.2, -0.15) is 5.10 Å². The highest BCUT2D eigenvalue weighted by atomic mass is 16.2. The number of carbonyl (C=O) groups excluding carboxylic acids is 2. The summed E-state index contributed by atoms with van der Waals surface area (Å²) in [7, 11) is 1.74. The molecule has 0 aromatic heterocycles. The normalized spacial score (nSPS) is 18.2. The van der Waals surface area contributed by atoms with Crippen LogP contribution in [0.15, 0.2) is 5.10 Å². The molecule has 1 rings (SSSR count). The zero-order valence-electron chi connectivity index (χ0n) is 12.5. The molecule has 1 fully saturated rings. The van der Waals surface area contributed by atoms with Crippen LogP contribution in [0.2, 0.25) is 0 Å². The molecule has 1 atom stereocenters. The molecule has 1 N–H and O–H groups in total. The molecule has 1 aliphatic heterocycles. The Hall–Kier alpha value is -1.39. The van der Waals surface area contributed by atoms with Crippen LogP contribution in [0.5, 0.6) is 0 Å². The van der Waals surface area contributed by atoms with Crippen LogP contribution in [-0.4, -0.2) is 36.1 Å². The Morgan fingerprint density at radius 1 is 1.33 bits per heavy atom. The van der Waals surface area contributed by atoms with Gasteiger partial charge in [0.2, 0.25) is 5.91 Å². The van der Waals surface area contributed by atoms with Gasteiger partial charge in [0.25, 0.3) is 5.91 Å². The summed E-state index contributed by atoms with van der Waals surface area (Å²) in [5, 5.41) is 7.97. The number of rotatable bonds is 3. The fraction of sp³-hybridized carbons (Fsp3) is 0.769. The van der Waals surface area contributed by atoms with E-state index in [4.69, 9.17) is 0 Å². The quantitative estimate of drug-likeness (QED) is 0.479. The zero-order valence-corrected chi connectivity index (χ0v) is 12.5. The third-order valence-corrected chi connectivity index (χ3v) is 2.11. The fourth-order valence-electron chi connectivity index (χ4n) is 1.33. The third-order valence-electron chi connectivity index (χ3n) is 2.11. The molecule has 0 aromatic rings. The number of likely N-dealkylation sites (N-methyl/N-ethyl adjacent to an activating group) is 1. The summed E-state index contributed by atoms with van der Waals surface area (Å²) in [5.74, 6) is -0.448. The summed E-state index contributed by atoms with van der Waals surface area (Å²) in [5.41, 5.74) is 0. The van der Waals surface area contributed by atoms with E-state index in [2.05, 4.69) is 10.4 Å². The predicted molar refractivity (Wildman–Crippen MR) is 75.4 cm³/mol. The standard InChI is InChI=1S/C9H15N3O2.2C2H6/c1-3-6-10-12(2)7-4-5-8(13)11-9(7)14;2*1-2/h6-7H,3-5H2,1-2H3,(H,11,13,14);2*1-2H3/b10-6-;;. The monoisotopic (exact) mass is 257 g/mol. The molecule has 0 spiro atoms. The Morgan fingerprint density at radius 3 is 2.33 bits per heavy atom. The van der Waals surface area contributed by atoms with Crippen LogP contribution in [0.4, 0.5) is 0 Å². The van der Waals surface area contributed by atoms with Gasteiger partial charge in [0.1, 0.15) is 6.04 Å². The van der Waals surface area contributed by atoms with Crippen LogP contribution in [0.1, 0.15) is 53.9 Å². The average Bonchev–Trinajstić information content (AvgIpc) is 2.40. The second kappa shape index (κ2) is 12.1. The lowest BCUT2D eigenvalue weighted by Gasteiger charge is -2.27. The number of amides is 2. The molecule has 5 nitrogen and oxygen atoms in total. The maximum atomic E-state index is 11.4. The van der Waals surface area contributed by atoms with Crippen molar-refractivity contribution in [1.29, 1.82) is 0 Å². The molecule has 0 aliphatic carbocycles. The van der Waals surface area contributed by atoms with E-state index in [0.29, 0.717) is 12.8 Å². The van der Waals surface area contributed by atoms with Crippen molar-refractivity contribution in [3.8, 4) is 0 Å². The second-order valence-corrected chi connectivity index (χ2v) is 3.25. The molecule has 106 valence electrons. The van der Waals surface area contributed by atoms with Crippen molar-refractivity contribution >= 4 is 18.0 Å². The molecule has 0 bridgehead atoms. The summed E-state index contributed by atoms with van der Waals surface area (Å²) in [6, 6.07) is -0.310. The van der Waals surface area contributed by atoms with E-state index in [0.717, 1.165) is 6.42 Å². The van der Waals surface area contributed by atoms with Crippen molar-refractivity contribution < 1.29 is 9.59 Å². The van der Waals surface area contributed by atoms with E-state index >= 15 is 0 Å². The van der Waals surface area contributed by atoms with Crippen LogP contribution in [0, 0.1) is 0 Å². The SMILES string of the molecule is CC.CC.CC/C=N\N(C)C1CCC(=O)NC1=O. The Bertz CT molecular complexity index is 265. The van der Waals surface area contributed by atoms with Gasteiger partial charge in [-0.3, -0.25) is 19.9 Å². The topological polar surface area (TPSA) is 61.8 Å². The Balaban J connectivity index is 0. The zero-order chi connectivity index (χ0) is 14.6. The summed E-state index contributed by atoms with van der Waals surface area (Å²) < 4.78 is 0. The third kappa shape index (κ3) is 7.04. The highest BCUT2D eigenvalue weighted by Crippen LogP contribution is 2.10. The van der Waals surface area contributed by atoms with Gasteiger partial charge >= 0.3 is 0 Å². The number of nitrogens with one attached hydrogen (secondary N) is 1. The van der Waals surface area contributed by atoms with Crippen molar-refractivity contribution in [3.05, 3.63) is 0 Å². The van der Waals surface area contributed by atoms with Gasteiger partial charge in [0.15, 0.2) is 0 Å². The maximum Gasteiger partial charge on any atom is 0.250 e. The van der Waals surface area contributed by atoms with Crippen molar-refractivity contribution in [2.45, 2.75) is 59.9 Å². The summed E-state index contributed by atoms with van der Waals surface area (Å²) >= 11 is 0. The fourth-order valence-corrected chi connectivity index (χ4v) is 1.33. The minimum absolute atomic E-state index is 0.195. The molecule has 18 heavy (non-hydrogen) atoms. The molecule has 1 unspecified atom stereocenters. The molecule has 5 heteroatoms. The maximum absolute atomic E-state index is 11.4. The van der Waals surface area contributed by atoms with Crippen molar-refractivity contribution in [3.63, 3.8) is 0 Å². The first-order valence-corrected chi connectivity index (χ1v) is 6.74. The van der Waals surface area contributed by atoms with Crippen molar-refractivity contribution in [2.75, 3.05) is 7.05 Å². The number of hydrogen-bond donors (Lipinski definition) is 1. The average molecular weight is 257 g/mol. The van der Waals surface area contributed by atoms with Gasteiger partial charge in [-0.25, -0.2) is 0 Å². The number of carbonyl (C=O) groups is 2. The van der Waals surface area contributed by atoms with Crippen LogP contribution >= 0.6 is 0 Å². The Morgan fingerprint density at radius 2 is 1.89 bits per heavy atom. The number of hydrazone groups is 1. The van der Waals surface area contributed by atoms with E-state index in [9.17, 15) is 9.59 Å². The predicted octanol–water partition coefficient (Wildman–Crippen LogP) is 2.17. The smallest absolute Gasteiger partial charge is 0.250 e. The highest BCUT2D eigenvalue weighted by molar-refractivity contribution is 6.00. The lowest BCUT2D eigenvalue weighted by Crippen LogP contribution is -2.49. The summed E-state index contributed by atoms with van der Waals surface area (Å²) in [4.78, 5) is 22.2. The van der Waals surface area contributed by atoms with Crippen molar-refractivity contribution in [1.82, 2.24) is 10.3 Å². The van der Waals surface area contributed by atoms with Gasteiger partial charge in [-0.15, -0.1) is 0 Å². The molecular weight excluding hydrogens is 230 g/mol. The van der Waals surface area contributed by atoms with Gasteiger partial charge in [-0.1, -0.05) is 34.6 Å². The number of piperidine rings is 1. The molecular formula is C13H27N3O2. The lowest BCUT2D eigenvalue weighted by atomic mass is 10.1.